The molecule has 0 heterocycles. The van der Waals surface area contributed by atoms with Crippen molar-refractivity contribution in [2.24, 2.45) is 0 Å². The fourth-order valence-corrected chi connectivity index (χ4v) is 0.882. The summed E-state index contributed by atoms with van der Waals surface area (Å²) in [6.07, 6.45) is 0. The first-order valence-corrected chi connectivity index (χ1v) is 3.99. The van der Waals surface area contributed by atoms with E-state index < -0.39 is 13.5 Å². The predicted molar refractivity (Wildman–Crippen MR) is 47.6 cm³/mol. The molecule has 0 saturated heterocycles. The first kappa shape index (κ1) is 15.3. The molecular formula is C8H9BF3KO2. The number of ether oxygens (including phenoxy) is 2. The van der Waals surface area contributed by atoms with Crippen LogP contribution in [0.2, 0.25) is 0 Å². The Morgan fingerprint density at radius 3 is 2.33 bits per heavy atom. The topological polar surface area (TPSA) is 18.5 Å². The summed E-state index contributed by atoms with van der Waals surface area (Å²) in [6.45, 7) is -6.14. The Kier molecular flexibility index (Phi) is 6.94. The van der Waals surface area contributed by atoms with Gasteiger partial charge < -0.3 is 22.4 Å². The van der Waals surface area contributed by atoms with Crippen LogP contribution in [-0.4, -0.2) is 20.6 Å². The predicted octanol–water partition coefficient (Wildman–Crippen LogP) is -0.535. The normalized spacial score (nSPS) is 10.4. The summed E-state index contributed by atoms with van der Waals surface area (Å²) >= 11 is 0. The van der Waals surface area contributed by atoms with Crippen molar-refractivity contribution in [2.75, 3.05) is 13.6 Å². The zero-order chi connectivity index (χ0) is 10.6. The molecule has 0 atom stereocenters. The van der Waals surface area contributed by atoms with Crippen molar-refractivity contribution in [1.82, 2.24) is 0 Å². The molecule has 1 aromatic carbocycles. The maximum Gasteiger partial charge on any atom is 1.00 e. The molecule has 0 saturated carbocycles. The maximum atomic E-state index is 11.8. The van der Waals surface area contributed by atoms with Crippen molar-refractivity contribution in [3.05, 3.63) is 24.3 Å². The van der Waals surface area contributed by atoms with Crippen LogP contribution in [0.15, 0.2) is 24.3 Å². The molecule has 1 aromatic rings. The molecule has 0 fully saturated rings. The number of halogens is 3. The Balaban J connectivity index is 0.00000196. The van der Waals surface area contributed by atoms with Gasteiger partial charge >= 0.3 is 58.4 Å². The number of benzene rings is 1. The minimum atomic E-state index is -4.91. The van der Waals surface area contributed by atoms with Crippen molar-refractivity contribution in [3.8, 4) is 11.5 Å². The Labute approximate surface area is 129 Å². The van der Waals surface area contributed by atoms with Crippen molar-refractivity contribution < 1.29 is 73.8 Å². The van der Waals surface area contributed by atoms with Crippen molar-refractivity contribution in [2.45, 2.75) is 0 Å². The van der Waals surface area contributed by atoms with Crippen LogP contribution < -0.4 is 60.9 Å². The van der Waals surface area contributed by atoms with Gasteiger partial charge in [-0.25, -0.2) is 0 Å². The summed E-state index contributed by atoms with van der Waals surface area (Å²) < 4.78 is 44.9. The molecule has 78 valence electrons. The first-order chi connectivity index (χ1) is 6.51. The average Bonchev–Trinajstić information content (AvgIpc) is 2.14. The van der Waals surface area contributed by atoms with E-state index in [9.17, 15) is 12.9 Å². The second kappa shape index (κ2) is 6.80. The fourth-order valence-electron chi connectivity index (χ4n) is 0.882. The van der Waals surface area contributed by atoms with E-state index >= 15 is 0 Å². The molecule has 0 radical (unpaired) electrons. The van der Waals surface area contributed by atoms with E-state index in [1.165, 1.54) is 19.2 Å². The molecule has 0 amide bonds. The molecule has 7 heteroatoms. The van der Waals surface area contributed by atoms with Crippen LogP contribution >= 0.6 is 0 Å². The molecule has 0 aliphatic carbocycles. The van der Waals surface area contributed by atoms with Crippen LogP contribution in [0.4, 0.5) is 12.9 Å². The van der Waals surface area contributed by atoms with Crippen molar-refractivity contribution in [1.29, 1.82) is 0 Å². The summed E-state index contributed by atoms with van der Waals surface area (Å²) in [5, 5.41) is 0. The minimum Gasteiger partial charge on any atom is -0.522 e. The molecule has 15 heavy (non-hydrogen) atoms. The summed E-state index contributed by atoms with van der Waals surface area (Å²) in [4.78, 5) is 0. The second-order valence-electron chi connectivity index (χ2n) is 2.70. The quantitative estimate of drug-likeness (QED) is 0.662. The van der Waals surface area contributed by atoms with Crippen LogP contribution in [0, 0.1) is 0 Å². The van der Waals surface area contributed by atoms with E-state index in [0.717, 1.165) is 0 Å². The van der Waals surface area contributed by atoms with E-state index in [1.54, 1.807) is 12.1 Å². The summed E-state index contributed by atoms with van der Waals surface area (Å²) in [5.41, 5.74) is 0. The standard InChI is InChI=1S/C8H9BF3O2.K/c1-13-7-3-2-4-8(5-7)14-6-9(10,11)12;/h2-5H,6H2,1H3;/q-1;+1. The van der Waals surface area contributed by atoms with Gasteiger partial charge in [-0.05, 0) is 12.1 Å². The zero-order valence-electron chi connectivity index (χ0n) is 8.54. The van der Waals surface area contributed by atoms with Gasteiger partial charge in [0, 0.05) is 6.07 Å². The molecule has 0 unspecified atom stereocenters. The summed E-state index contributed by atoms with van der Waals surface area (Å²) in [6, 6.07) is 6.05. The zero-order valence-corrected chi connectivity index (χ0v) is 11.7. The van der Waals surface area contributed by atoms with Gasteiger partial charge in [-0.1, -0.05) is 6.07 Å². The monoisotopic (exact) mass is 244 g/mol. The molecule has 0 aromatic heterocycles. The van der Waals surface area contributed by atoms with E-state index in [4.69, 9.17) is 4.74 Å². The van der Waals surface area contributed by atoms with Crippen LogP contribution in [-0.2, 0) is 0 Å². The second-order valence-corrected chi connectivity index (χ2v) is 2.70. The Morgan fingerprint density at radius 2 is 1.80 bits per heavy atom. The van der Waals surface area contributed by atoms with Crippen LogP contribution in [0.25, 0.3) is 0 Å². The van der Waals surface area contributed by atoms with Gasteiger partial charge in [0.2, 0.25) is 0 Å². The van der Waals surface area contributed by atoms with E-state index in [1.807, 2.05) is 0 Å². The third kappa shape index (κ3) is 6.47. The number of hydrogen-bond acceptors (Lipinski definition) is 2. The van der Waals surface area contributed by atoms with Crippen LogP contribution in [0.5, 0.6) is 11.5 Å². The van der Waals surface area contributed by atoms with Gasteiger partial charge in [-0.3, -0.25) is 0 Å². The molecule has 0 N–H and O–H groups in total. The summed E-state index contributed by atoms with van der Waals surface area (Å²) in [7, 11) is 1.44. The molecule has 0 aliphatic heterocycles. The average molecular weight is 244 g/mol. The molecular weight excluding hydrogens is 235 g/mol. The number of methoxy groups -OCH3 is 1. The Bertz CT molecular complexity index is 306. The van der Waals surface area contributed by atoms with Gasteiger partial charge in [0.15, 0.2) is 0 Å². The van der Waals surface area contributed by atoms with E-state index in [0.29, 0.717) is 5.75 Å². The molecule has 2 nitrogen and oxygen atoms in total. The van der Waals surface area contributed by atoms with Gasteiger partial charge in [0.05, 0.1) is 13.6 Å². The molecule has 0 bridgehead atoms. The van der Waals surface area contributed by atoms with Gasteiger partial charge in [0.25, 0.3) is 0 Å². The third-order valence-corrected chi connectivity index (χ3v) is 1.48. The van der Waals surface area contributed by atoms with Crippen molar-refractivity contribution in [3.63, 3.8) is 0 Å². The smallest absolute Gasteiger partial charge is 0.522 e. The Morgan fingerprint density at radius 1 is 1.20 bits per heavy atom. The van der Waals surface area contributed by atoms with Gasteiger partial charge in [-0.15, -0.1) is 0 Å². The van der Waals surface area contributed by atoms with Gasteiger partial charge in [0.1, 0.15) is 11.5 Å². The fraction of sp³-hybridized carbons (Fsp3) is 0.250. The largest absolute Gasteiger partial charge is 1.00 e. The minimum absolute atomic E-state index is 0. The van der Waals surface area contributed by atoms with Crippen LogP contribution in [0.1, 0.15) is 0 Å². The maximum absolute atomic E-state index is 11.8. The molecule has 0 aliphatic rings. The van der Waals surface area contributed by atoms with E-state index in [2.05, 4.69) is 4.74 Å². The first-order valence-electron chi connectivity index (χ1n) is 3.99. The van der Waals surface area contributed by atoms with Gasteiger partial charge in [-0.2, -0.15) is 0 Å². The third-order valence-electron chi connectivity index (χ3n) is 1.48. The Hall–Kier alpha value is 0.311. The number of hydrogen-bond donors (Lipinski definition) is 0. The van der Waals surface area contributed by atoms with E-state index in [-0.39, 0.29) is 57.1 Å². The molecule has 0 spiro atoms. The summed E-state index contributed by atoms with van der Waals surface area (Å²) in [5.74, 6) is 0.626. The van der Waals surface area contributed by atoms with Crippen LogP contribution in [0.3, 0.4) is 0 Å². The van der Waals surface area contributed by atoms with Crippen molar-refractivity contribution >= 4 is 6.98 Å². The SMILES string of the molecule is COc1cccc(OC[B-](F)(F)F)c1.[K+]. The number of rotatable bonds is 4. The molecule has 1 rings (SSSR count).